The van der Waals surface area contributed by atoms with Gasteiger partial charge in [0.1, 0.15) is 17.6 Å². The minimum atomic E-state index is -0.756. The smallest absolute Gasteiger partial charge is 0.248 e. The molecule has 2 N–H and O–H groups in total. The number of fused-ring (bicyclic) bond motifs is 1. The second kappa shape index (κ2) is 8.45. The Labute approximate surface area is 169 Å². The van der Waals surface area contributed by atoms with Gasteiger partial charge in [-0.1, -0.05) is 42.5 Å². The molecule has 0 radical (unpaired) electrons. The average molecular weight is 390 g/mol. The first-order valence-electron chi connectivity index (χ1n) is 9.74. The van der Waals surface area contributed by atoms with Crippen molar-refractivity contribution < 1.29 is 13.9 Å². The largest absolute Gasteiger partial charge is 0.493 e. The monoisotopic (exact) mass is 390 g/mol. The number of rotatable bonds is 6. The molecule has 1 amide bonds. The van der Waals surface area contributed by atoms with Gasteiger partial charge in [0.25, 0.3) is 0 Å². The van der Waals surface area contributed by atoms with Gasteiger partial charge in [-0.15, -0.1) is 0 Å². The van der Waals surface area contributed by atoms with Crippen molar-refractivity contribution in [2.24, 2.45) is 5.73 Å². The van der Waals surface area contributed by atoms with Gasteiger partial charge in [0.2, 0.25) is 5.91 Å². The zero-order valence-electron chi connectivity index (χ0n) is 16.1. The third-order valence-corrected chi connectivity index (χ3v) is 5.21. The van der Waals surface area contributed by atoms with Gasteiger partial charge in [-0.3, -0.25) is 4.79 Å². The number of halogens is 1. The lowest BCUT2D eigenvalue weighted by Gasteiger charge is -2.26. The standard InChI is InChI=1S/C24H23FN2O2/c25-20-8-6-17(7-9-20)12-14-27(21-10-11-22-19(16-21)13-15-29-22)24(28)23(26)18-4-2-1-3-5-18/h1-11,16,23H,12-15,26H2/t23-/m0/s1. The summed E-state index contributed by atoms with van der Waals surface area (Å²) in [4.78, 5) is 15.1. The Balaban J connectivity index is 1.61. The Morgan fingerprint density at radius 1 is 1.07 bits per heavy atom. The molecule has 3 aromatic carbocycles. The van der Waals surface area contributed by atoms with Crippen molar-refractivity contribution in [2.45, 2.75) is 18.9 Å². The van der Waals surface area contributed by atoms with Crippen LogP contribution in [0.5, 0.6) is 5.75 Å². The van der Waals surface area contributed by atoms with E-state index in [1.54, 1.807) is 17.0 Å². The summed E-state index contributed by atoms with van der Waals surface area (Å²) in [5.41, 5.74) is 9.94. The van der Waals surface area contributed by atoms with Crippen LogP contribution in [0.1, 0.15) is 22.7 Å². The lowest BCUT2D eigenvalue weighted by molar-refractivity contribution is -0.120. The predicted octanol–water partition coefficient (Wildman–Crippen LogP) is 4.04. The zero-order valence-corrected chi connectivity index (χ0v) is 16.1. The predicted molar refractivity (Wildman–Crippen MR) is 111 cm³/mol. The molecule has 0 aromatic heterocycles. The number of benzene rings is 3. The molecule has 4 nitrogen and oxygen atoms in total. The molecule has 0 spiro atoms. The van der Waals surface area contributed by atoms with Crippen LogP contribution in [0, 0.1) is 5.82 Å². The highest BCUT2D eigenvalue weighted by Crippen LogP contribution is 2.30. The van der Waals surface area contributed by atoms with Gasteiger partial charge in [-0.05, 0) is 53.4 Å². The molecule has 1 atom stereocenters. The van der Waals surface area contributed by atoms with Crippen LogP contribution in [-0.4, -0.2) is 19.1 Å². The number of anilines is 1. The van der Waals surface area contributed by atoms with Crippen molar-refractivity contribution in [1.82, 2.24) is 0 Å². The second-order valence-electron chi connectivity index (χ2n) is 7.15. The molecule has 5 heteroatoms. The minimum Gasteiger partial charge on any atom is -0.493 e. The lowest BCUT2D eigenvalue weighted by Crippen LogP contribution is -2.40. The van der Waals surface area contributed by atoms with Crippen molar-refractivity contribution >= 4 is 11.6 Å². The Kier molecular flexibility index (Phi) is 5.58. The van der Waals surface area contributed by atoms with E-state index in [0.29, 0.717) is 19.6 Å². The highest BCUT2D eigenvalue weighted by Gasteiger charge is 2.25. The molecule has 148 valence electrons. The van der Waals surface area contributed by atoms with Crippen LogP contribution in [0.2, 0.25) is 0 Å². The normalized spacial score (nSPS) is 13.4. The van der Waals surface area contributed by atoms with Crippen LogP contribution in [0.15, 0.2) is 72.8 Å². The quantitative estimate of drug-likeness (QED) is 0.691. The summed E-state index contributed by atoms with van der Waals surface area (Å²) in [6, 6.07) is 20.8. The van der Waals surface area contributed by atoms with E-state index in [-0.39, 0.29) is 11.7 Å². The third-order valence-electron chi connectivity index (χ3n) is 5.21. The summed E-state index contributed by atoms with van der Waals surface area (Å²) in [5.74, 6) is 0.427. The molecule has 0 fully saturated rings. The van der Waals surface area contributed by atoms with E-state index in [1.165, 1.54) is 12.1 Å². The van der Waals surface area contributed by atoms with Crippen LogP contribution in [0.4, 0.5) is 10.1 Å². The summed E-state index contributed by atoms with van der Waals surface area (Å²) in [7, 11) is 0. The van der Waals surface area contributed by atoms with E-state index in [2.05, 4.69) is 0 Å². The van der Waals surface area contributed by atoms with Gasteiger partial charge >= 0.3 is 0 Å². The highest BCUT2D eigenvalue weighted by atomic mass is 19.1. The van der Waals surface area contributed by atoms with Gasteiger partial charge in [0, 0.05) is 18.7 Å². The van der Waals surface area contributed by atoms with Gasteiger partial charge in [0.05, 0.1) is 6.61 Å². The Morgan fingerprint density at radius 2 is 1.83 bits per heavy atom. The first-order chi connectivity index (χ1) is 14.1. The van der Waals surface area contributed by atoms with E-state index in [0.717, 1.165) is 34.5 Å². The third kappa shape index (κ3) is 4.30. The first kappa shape index (κ1) is 19.2. The lowest BCUT2D eigenvalue weighted by atomic mass is 10.0. The summed E-state index contributed by atoms with van der Waals surface area (Å²) < 4.78 is 18.8. The fraction of sp³-hybridized carbons (Fsp3) is 0.208. The number of amides is 1. The van der Waals surface area contributed by atoms with E-state index < -0.39 is 6.04 Å². The molecule has 1 aliphatic heterocycles. The Morgan fingerprint density at radius 3 is 2.59 bits per heavy atom. The summed E-state index contributed by atoms with van der Waals surface area (Å²) in [6.07, 6.45) is 1.43. The van der Waals surface area contributed by atoms with Crippen LogP contribution >= 0.6 is 0 Å². The number of hydrogen-bond donors (Lipinski definition) is 1. The average Bonchev–Trinajstić information content (AvgIpc) is 3.23. The maximum atomic E-state index is 13.3. The van der Waals surface area contributed by atoms with Gasteiger partial charge in [-0.25, -0.2) is 4.39 Å². The fourth-order valence-corrected chi connectivity index (χ4v) is 3.57. The SMILES string of the molecule is N[C@H](C(=O)N(CCc1ccc(F)cc1)c1ccc2c(c1)CCO2)c1ccccc1. The summed E-state index contributed by atoms with van der Waals surface area (Å²) in [6.45, 7) is 1.11. The Bertz CT molecular complexity index is 990. The number of carbonyl (C=O) groups is 1. The fourth-order valence-electron chi connectivity index (χ4n) is 3.57. The van der Waals surface area contributed by atoms with E-state index in [1.807, 2.05) is 48.5 Å². The number of carbonyl (C=O) groups excluding carboxylic acids is 1. The molecular formula is C24H23FN2O2. The summed E-state index contributed by atoms with van der Waals surface area (Å²) in [5, 5.41) is 0. The van der Waals surface area contributed by atoms with Crippen molar-refractivity contribution in [2.75, 3.05) is 18.1 Å². The zero-order chi connectivity index (χ0) is 20.2. The second-order valence-corrected chi connectivity index (χ2v) is 7.15. The molecule has 0 unspecified atom stereocenters. The Hall–Kier alpha value is -3.18. The van der Waals surface area contributed by atoms with E-state index in [9.17, 15) is 9.18 Å². The summed E-state index contributed by atoms with van der Waals surface area (Å²) >= 11 is 0. The van der Waals surface area contributed by atoms with Crippen molar-refractivity contribution in [3.8, 4) is 5.75 Å². The van der Waals surface area contributed by atoms with E-state index >= 15 is 0 Å². The highest BCUT2D eigenvalue weighted by molar-refractivity contribution is 5.97. The van der Waals surface area contributed by atoms with Gasteiger partial charge in [0.15, 0.2) is 0 Å². The molecule has 4 rings (SSSR count). The first-order valence-corrected chi connectivity index (χ1v) is 9.74. The number of ether oxygens (including phenoxy) is 1. The number of hydrogen-bond acceptors (Lipinski definition) is 3. The molecule has 1 aliphatic rings. The number of nitrogens with two attached hydrogens (primary N) is 1. The van der Waals surface area contributed by atoms with Gasteiger partial charge in [-0.2, -0.15) is 0 Å². The minimum absolute atomic E-state index is 0.169. The molecule has 0 bridgehead atoms. The molecular weight excluding hydrogens is 367 g/mol. The van der Waals surface area contributed by atoms with Crippen LogP contribution in [0.3, 0.4) is 0 Å². The maximum absolute atomic E-state index is 13.3. The number of nitrogens with zero attached hydrogens (tertiary/aromatic N) is 1. The van der Waals surface area contributed by atoms with Crippen molar-refractivity contribution in [3.05, 3.63) is 95.3 Å². The van der Waals surface area contributed by atoms with Crippen molar-refractivity contribution in [3.63, 3.8) is 0 Å². The molecule has 29 heavy (non-hydrogen) atoms. The molecule has 0 saturated heterocycles. The molecule has 0 aliphatic carbocycles. The van der Waals surface area contributed by atoms with Crippen LogP contribution in [0.25, 0.3) is 0 Å². The van der Waals surface area contributed by atoms with Crippen LogP contribution in [-0.2, 0) is 17.6 Å². The topological polar surface area (TPSA) is 55.6 Å². The molecule has 3 aromatic rings. The molecule has 1 heterocycles. The van der Waals surface area contributed by atoms with Gasteiger partial charge < -0.3 is 15.4 Å². The molecule has 0 saturated carbocycles. The maximum Gasteiger partial charge on any atom is 0.248 e. The van der Waals surface area contributed by atoms with Crippen LogP contribution < -0.4 is 15.4 Å². The van der Waals surface area contributed by atoms with Crippen molar-refractivity contribution in [1.29, 1.82) is 0 Å². The van der Waals surface area contributed by atoms with E-state index in [4.69, 9.17) is 10.5 Å².